The van der Waals surface area contributed by atoms with Crippen molar-refractivity contribution >= 4 is 46.2 Å². The highest BCUT2D eigenvalue weighted by atomic mass is 127. The number of hydrogen-bond acceptors (Lipinski definition) is 4. The Morgan fingerprint density at radius 3 is 3.00 bits per heavy atom. The zero-order valence-corrected chi connectivity index (χ0v) is 14.5. The Bertz CT molecular complexity index is 498. The van der Waals surface area contributed by atoms with Crippen molar-refractivity contribution in [3.8, 4) is 0 Å². The molecule has 0 bridgehead atoms. The molecule has 2 aliphatic rings. The van der Waals surface area contributed by atoms with Crippen LogP contribution in [0.15, 0.2) is 27.5 Å². The van der Waals surface area contributed by atoms with Crippen LogP contribution in [0.25, 0.3) is 0 Å². The predicted molar refractivity (Wildman–Crippen MR) is 95.3 cm³/mol. The maximum Gasteiger partial charge on any atom is 0.207 e. The van der Waals surface area contributed by atoms with Gasteiger partial charge in [0, 0.05) is 22.1 Å². The maximum absolute atomic E-state index is 4.50. The van der Waals surface area contributed by atoms with Crippen LogP contribution in [0, 0.1) is 9.49 Å². The average molecular weight is 401 g/mol. The van der Waals surface area contributed by atoms with E-state index in [1.807, 2.05) is 0 Å². The molecule has 1 heterocycles. The number of halogens is 1. The molecule has 1 aromatic carbocycles. The second kappa shape index (κ2) is 7.02. The molecule has 0 amide bonds. The molecule has 0 saturated heterocycles. The highest BCUT2D eigenvalue weighted by Crippen LogP contribution is 2.32. The normalized spacial score (nSPS) is 18.9. The van der Waals surface area contributed by atoms with Gasteiger partial charge in [-0.1, -0.05) is 32.1 Å². The first-order valence-corrected chi connectivity index (χ1v) is 9.22. The summed E-state index contributed by atoms with van der Waals surface area (Å²) in [5.74, 6) is 1.82. The first-order chi connectivity index (χ1) is 9.81. The molecular formula is C15H20IN3S. The van der Waals surface area contributed by atoms with E-state index in [2.05, 4.69) is 55.8 Å². The van der Waals surface area contributed by atoms with Crippen molar-refractivity contribution in [3.63, 3.8) is 0 Å². The van der Waals surface area contributed by atoms with Gasteiger partial charge in [-0.05, 0) is 53.1 Å². The fraction of sp³-hybridized carbons (Fsp3) is 0.533. The number of hydrogen-bond donors (Lipinski definition) is 2. The number of fused-ring (bicyclic) bond motifs is 1. The van der Waals surface area contributed by atoms with Gasteiger partial charge in [0.25, 0.3) is 0 Å². The summed E-state index contributed by atoms with van der Waals surface area (Å²) in [6.07, 6.45) is 8.38. The van der Waals surface area contributed by atoms with Gasteiger partial charge in [-0.15, -0.1) is 0 Å². The second-order valence-corrected chi connectivity index (χ2v) is 7.57. The van der Waals surface area contributed by atoms with Crippen molar-refractivity contribution in [1.29, 1.82) is 0 Å². The average Bonchev–Trinajstić information content (AvgIpc) is 2.48. The predicted octanol–water partition coefficient (Wildman–Crippen LogP) is 4.64. The van der Waals surface area contributed by atoms with Crippen molar-refractivity contribution < 1.29 is 0 Å². The molecular weight excluding hydrogens is 381 g/mol. The standard InChI is InChI=1S/C15H20IN3S/c16-12-6-7-13-14(10-12)20-19-15(18-13)17-9-8-11-4-2-1-3-5-11/h6-7,10-11H,1-5,8-9H2,(H2,17,18,19). The molecule has 1 saturated carbocycles. The minimum absolute atomic E-state index is 0.902. The minimum atomic E-state index is 0.902. The van der Waals surface area contributed by atoms with E-state index in [-0.39, 0.29) is 0 Å². The quantitative estimate of drug-likeness (QED) is 0.572. The van der Waals surface area contributed by atoms with Gasteiger partial charge in [-0.25, -0.2) is 0 Å². The lowest BCUT2D eigenvalue weighted by molar-refractivity contribution is 0.339. The van der Waals surface area contributed by atoms with Crippen molar-refractivity contribution in [2.45, 2.75) is 43.4 Å². The minimum Gasteiger partial charge on any atom is -0.355 e. The van der Waals surface area contributed by atoms with E-state index in [9.17, 15) is 0 Å². The molecule has 0 radical (unpaired) electrons. The Hall–Kier alpha value is -0.430. The third-order valence-corrected chi connectivity index (χ3v) is 5.48. The molecule has 3 rings (SSSR count). The zero-order chi connectivity index (χ0) is 13.8. The first kappa shape index (κ1) is 14.5. The van der Waals surface area contributed by atoms with Crippen LogP contribution >= 0.6 is 34.5 Å². The summed E-state index contributed by atoms with van der Waals surface area (Å²) in [5.41, 5.74) is 1.16. The summed E-state index contributed by atoms with van der Waals surface area (Å²) in [5, 5.41) is 6.82. The SMILES string of the molecule is Ic1ccc2c(c1)SN=C(NCCC1CCCCC1)N2. The Kier molecular flexibility index (Phi) is 5.09. The fourth-order valence-corrected chi connectivity index (χ4v) is 4.27. The summed E-state index contributed by atoms with van der Waals surface area (Å²) in [6.45, 7) is 1.02. The molecule has 5 heteroatoms. The molecule has 1 aliphatic heterocycles. The van der Waals surface area contributed by atoms with Gasteiger partial charge < -0.3 is 10.6 Å². The van der Waals surface area contributed by atoms with Gasteiger partial charge in [-0.3, -0.25) is 0 Å². The first-order valence-electron chi connectivity index (χ1n) is 7.37. The Morgan fingerprint density at radius 2 is 2.15 bits per heavy atom. The molecule has 0 unspecified atom stereocenters. The Labute approximate surface area is 138 Å². The highest BCUT2D eigenvalue weighted by Gasteiger charge is 2.15. The van der Waals surface area contributed by atoms with Crippen LogP contribution in [-0.4, -0.2) is 12.5 Å². The maximum atomic E-state index is 4.50. The molecule has 1 aliphatic carbocycles. The van der Waals surface area contributed by atoms with Gasteiger partial charge in [0.05, 0.1) is 10.6 Å². The van der Waals surface area contributed by atoms with Crippen molar-refractivity contribution in [1.82, 2.24) is 5.32 Å². The number of guanidine groups is 1. The van der Waals surface area contributed by atoms with Gasteiger partial charge in [-0.2, -0.15) is 4.40 Å². The number of anilines is 1. The molecule has 0 spiro atoms. The summed E-state index contributed by atoms with van der Waals surface area (Å²) < 4.78 is 5.75. The number of rotatable bonds is 3. The summed E-state index contributed by atoms with van der Waals surface area (Å²) >= 11 is 3.89. The molecule has 0 atom stereocenters. The van der Waals surface area contributed by atoms with E-state index in [4.69, 9.17) is 0 Å². The van der Waals surface area contributed by atoms with Gasteiger partial charge >= 0.3 is 0 Å². The van der Waals surface area contributed by atoms with Crippen LogP contribution in [-0.2, 0) is 0 Å². The summed E-state index contributed by atoms with van der Waals surface area (Å²) in [4.78, 5) is 1.20. The number of nitrogens with zero attached hydrogens (tertiary/aromatic N) is 1. The lowest BCUT2D eigenvalue weighted by atomic mass is 9.87. The van der Waals surface area contributed by atoms with Gasteiger partial charge in [0.15, 0.2) is 0 Å². The molecule has 2 N–H and O–H groups in total. The van der Waals surface area contributed by atoms with Crippen LogP contribution in [0.3, 0.4) is 0 Å². The van der Waals surface area contributed by atoms with Crippen LogP contribution in [0.4, 0.5) is 5.69 Å². The summed E-state index contributed by atoms with van der Waals surface area (Å²) in [6, 6.07) is 6.41. The molecule has 1 aromatic rings. The molecule has 3 nitrogen and oxygen atoms in total. The lowest BCUT2D eigenvalue weighted by Gasteiger charge is -2.23. The van der Waals surface area contributed by atoms with Crippen LogP contribution in [0.1, 0.15) is 38.5 Å². The Morgan fingerprint density at radius 1 is 1.30 bits per heavy atom. The fourth-order valence-electron chi connectivity index (χ4n) is 2.87. The third-order valence-electron chi connectivity index (χ3n) is 4.00. The van der Waals surface area contributed by atoms with Crippen molar-refractivity contribution in [2.24, 2.45) is 10.3 Å². The Balaban J connectivity index is 1.47. The van der Waals surface area contributed by atoms with Crippen molar-refractivity contribution in [2.75, 3.05) is 11.9 Å². The van der Waals surface area contributed by atoms with E-state index in [0.717, 1.165) is 24.1 Å². The van der Waals surface area contributed by atoms with E-state index in [1.165, 1.54) is 47.0 Å². The zero-order valence-electron chi connectivity index (χ0n) is 11.5. The van der Waals surface area contributed by atoms with Crippen molar-refractivity contribution in [3.05, 3.63) is 21.8 Å². The van der Waals surface area contributed by atoms with E-state index < -0.39 is 0 Å². The van der Waals surface area contributed by atoms with E-state index in [0.29, 0.717) is 0 Å². The van der Waals surface area contributed by atoms with Gasteiger partial charge in [0.2, 0.25) is 5.96 Å². The highest BCUT2D eigenvalue weighted by molar-refractivity contribution is 14.1. The summed E-state index contributed by atoms with van der Waals surface area (Å²) in [7, 11) is 0. The number of nitrogens with one attached hydrogen (secondary N) is 2. The topological polar surface area (TPSA) is 36.4 Å². The molecule has 1 fully saturated rings. The molecule has 108 valence electrons. The van der Waals surface area contributed by atoms with E-state index in [1.54, 1.807) is 11.9 Å². The van der Waals surface area contributed by atoms with Crippen LogP contribution < -0.4 is 10.6 Å². The van der Waals surface area contributed by atoms with Crippen LogP contribution in [0.2, 0.25) is 0 Å². The molecule has 0 aromatic heterocycles. The monoisotopic (exact) mass is 401 g/mol. The number of benzene rings is 1. The smallest absolute Gasteiger partial charge is 0.207 e. The third kappa shape index (κ3) is 3.81. The van der Waals surface area contributed by atoms with Gasteiger partial charge in [0.1, 0.15) is 0 Å². The van der Waals surface area contributed by atoms with Crippen LogP contribution in [0.5, 0.6) is 0 Å². The second-order valence-electron chi connectivity index (χ2n) is 5.52. The van der Waals surface area contributed by atoms with E-state index >= 15 is 0 Å². The molecule has 20 heavy (non-hydrogen) atoms. The largest absolute Gasteiger partial charge is 0.355 e. The lowest BCUT2D eigenvalue weighted by Crippen LogP contribution is -2.33.